The smallest absolute Gasteiger partial charge is 0.197 e. The minimum Gasteiger partial charge on any atom is -0.491 e. The molecule has 0 N–H and O–H groups in total. The molecule has 104 valence electrons. The molecule has 0 aromatic heterocycles. The zero-order chi connectivity index (χ0) is 14.7. The Bertz CT molecular complexity index is 618. The second-order valence-electron chi connectivity index (χ2n) is 4.62. The molecule has 20 heavy (non-hydrogen) atoms. The molecular weight excluding hydrogens is 279 g/mol. The van der Waals surface area contributed by atoms with E-state index in [4.69, 9.17) is 16.3 Å². The number of rotatable bonds is 4. The molecule has 0 saturated carbocycles. The van der Waals surface area contributed by atoms with Crippen molar-refractivity contribution >= 4 is 17.4 Å². The number of ketones is 1. The lowest BCUT2D eigenvalue weighted by Crippen LogP contribution is -2.08. The Morgan fingerprint density at radius 2 is 1.90 bits per heavy atom. The molecule has 2 rings (SSSR count). The summed E-state index contributed by atoms with van der Waals surface area (Å²) in [5.74, 6) is -0.515. The van der Waals surface area contributed by atoms with Gasteiger partial charge in [-0.3, -0.25) is 4.79 Å². The third-order valence-electron chi connectivity index (χ3n) is 2.66. The summed E-state index contributed by atoms with van der Waals surface area (Å²) in [6, 6.07) is 10.8. The first-order chi connectivity index (χ1) is 9.49. The van der Waals surface area contributed by atoms with Crippen LogP contribution >= 0.6 is 11.6 Å². The third-order valence-corrected chi connectivity index (χ3v) is 2.97. The molecule has 2 nitrogen and oxygen atoms in total. The fourth-order valence-electron chi connectivity index (χ4n) is 1.84. The Morgan fingerprint density at radius 3 is 2.55 bits per heavy atom. The van der Waals surface area contributed by atoms with Gasteiger partial charge in [0.05, 0.1) is 16.7 Å². The monoisotopic (exact) mass is 292 g/mol. The number of benzene rings is 2. The molecule has 0 saturated heterocycles. The molecule has 0 aliphatic carbocycles. The number of hydrogen-bond acceptors (Lipinski definition) is 2. The first kappa shape index (κ1) is 14.5. The van der Waals surface area contributed by atoms with Crippen LogP contribution in [0.4, 0.5) is 4.39 Å². The van der Waals surface area contributed by atoms with Crippen LogP contribution in [0.5, 0.6) is 5.75 Å². The number of halogens is 2. The van der Waals surface area contributed by atoms with Crippen molar-refractivity contribution < 1.29 is 13.9 Å². The fourth-order valence-corrected chi connectivity index (χ4v) is 2.09. The number of carbonyl (C=O) groups is 1. The molecule has 0 amide bonds. The molecule has 2 aromatic rings. The van der Waals surface area contributed by atoms with Crippen molar-refractivity contribution in [2.45, 2.75) is 20.0 Å². The first-order valence-electron chi connectivity index (χ1n) is 6.24. The maximum atomic E-state index is 13.8. The summed E-state index contributed by atoms with van der Waals surface area (Å²) in [4.78, 5) is 12.3. The predicted molar refractivity (Wildman–Crippen MR) is 77.0 cm³/mol. The first-order valence-corrected chi connectivity index (χ1v) is 6.62. The van der Waals surface area contributed by atoms with Gasteiger partial charge in [-0.05, 0) is 38.1 Å². The van der Waals surface area contributed by atoms with Crippen molar-refractivity contribution in [2.75, 3.05) is 0 Å². The standard InChI is InChI=1S/C16H14ClFO2/c1-10(2)20-12-6-3-5-11(9-12)16(19)15-13(17)7-4-8-14(15)18/h3-10H,1-2H3. The quantitative estimate of drug-likeness (QED) is 0.776. The molecular formula is C16H14ClFO2. The summed E-state index contributed by atoms with van der Waals surface area (Å²) in [6.07, 6.45) is -0.00241. The van der Waals surface area contributed by atoms with Gasteiger partial charge in [0.2, 0.25) is 0 Å². The van der Waals surface area contributed by atoms with E-state index < -0.39 is 11.6 Å². The maximum Gasteiger partial charge on any atom is 0.197 e. The minimum absolute atomic E-state index is 0.00241. The van der Waals surface area contributed by atoms with Crippen LogP contribution in [0.25, 0.3) is 0 Å². The summed E-state index contributed by atoms with van der Waals surface area (Å²) in [5, 5.41) is 0.102. The Morgan fingerprint density at radius 1 is 1.20 bits per heavy atom. The SMILES string of the molecule is CC(C)Oc1cccc(C(=O)c2c(F)cccc2Cl)c1. The number of carbonyl (C=O) groups excluding carboxylic acids is 1. The van der Waals surface area contributed by atoms with Crippen LogP contribution in [0.15, 0.2) is 42.5 Å². The van der Waals surface area contributed by atoms with E-state index >= 15 is 0 Å². The van der Waals surface area contributed by atoms with Crippen LogP contribution < -0.4 is 4.74 Å². The highest BCUT2D eigenvalue weighted by atomic mass is 35.5. The average Bonchev–Trinajstić information content (AvgIpc) is 2.38. The third kappa shape index (κ3) is 3.17. The Kier molecular flexibility index (Phi) is 4.40. The molecule has 0 atom stereocenters. The van der Waals surface area contributed by atoms with Gasteiger partial charge in [0, 0.05) is 5.56 Å². The van der Waals surface area contributed by atoms with Gasteiger partial charge in [-0.2, -0.15) is 0 Å². The maximum absolute atomic E-state index is 13.8. The van der Waals surface area contributed by atoms with Crippen molar-refractivity contribution in [3.8, 4) is 5.75 Å². The highest BCUT2D eigenvalue weighted by Crippen LogP contribution is 2.24. The molecule has 0 aliphatic rings. The lowest BCUT2D eigenvalue weighted by molar-refractivity contribution is 0.103. The van der Waals surface area contributed by atoms with Gasteiger partial charge >= 0.3 is 0 Å². The van der Waals surface area contributed by atoms with E-state index in [1.54, 1.807) is 24.3 Å². The van der Waals surface area contributed by atoms with Crippen molar-refractivity contribution in [3.05, 3.63) is 64.4 Å². The lowest BCUT2D eigenvalue weighted by Gasteiger charge is -2.11. The second kappa shape index (κ2) is 6.06. The van der Waals surface area contributed by atoms with Crippen LogP contribution in [0.1, 0.15) is 29.8 Å². The number of ether oxygens (including phenoxy) is 1. The van der Waals surface area contributed by atoms with E-state index in [2.05, 4.69) is 0 Å². The van der Waals surface area contributed by atoms with E-state index in [0.717, 1.165) is 0 Å². The largest absolute Gasteiger partial charge is 0.491 e. The van der Waals surface area contributed by atoms with Crippen molar-refractivity contribution in [2.24, 2.45) is 0 Å². The highest BCUT2D eigenvalue weighted by molar-refractivity contribution is 6.35. The normalized spacial score (nSPS) is 10.7. The number of hydrogen-bond donors (Lipinski definition) is 0. The molecule has 0 radical (unpaired) electrons. The fraction of sp³-hybridized carbons (Fsp3) is 0.188. The van der Waals surface area contributed by atoms with Crippen LogP contribution in [-0.4, -0.2) is 11.9 Å². The van der Waals surface area contributed by atoms with Crippen LogP contribution in [0, 0.1) is 5.82 Å². The van der Waals surface area contributed by atoms with Gasteiger partial charge in [-0.25, -0.2) is 4.39 Å². The highest BCUT2D eigenvalue weighted by Gasteiger charge is 2.18. The zero-order valence-electron chi connectivity index (χ0n) is 11.2. The summed E-state index contributed by atoms with van der Waals surface area (Å²) < 4.78 is 19.3. The summed E-state index contributed by atoms with van der Waals surface area (Å²) >= 11 is 5.91. The average molecular weight is 293 g/mol. The van der Waals surface area contributed by atoms with Gasteiger partial charge in [-0.1, -0.05) is 29.8 Å². The summed E-state index contributed by atoms with van der Waals surface area (Å²) in [7, 11) is 0. The lowest BCUT2D eigenvalue weighted by atomic mass is 10.0. The van der Waals surface area contributed by atoms with Gasteiger partial charge < -0.3 is 4.74 Å². The second-order valence-corrected chi connectivity index (χ2v) is 5.03. The van der Waals surface area contributed by atoms with E-state index in [9.17, 15) is 9.18 Å². The van der Waals surface area contributed by atoms with Crippen molar-refractivity contribution in [3.63, 3.8) is 0 Å². The summed E-state index contributed by atoms with van der Waals surface area (Å²) in [5.41, 5.74) is 0.228. The van der Waals surface area contributed by atoms with Crippen LogP contribution in [-0.2, 0) is 0 Å². The Balaban J connectivity index is 2.39. The molecule has 0 bridgehead atoms. The molecule has 4 heteroatoms. The van der Waals surface area contributed by atoms with E-state index in [1.165, 1.54) is 18.2 Å². The van der Waals surface area contributed by atoms with Crippen LogP contribution in [0.3, 0.4) is 0 Å². The minimum atomic E-state index is -0.627. The van der Waals surface area contributed by atoms with Gasteiger partial charge in [0.1, 0.15) is 11.6 Å². The molecule has 2 aromatic carbocycles. The van der Waals surface area contributed by atoms with Crippen molar-refractivity contribution in [1.82, 2.24) is 0 Å². The van der Waals surface area contributed by atoms with E-state index in [-0.39, 0.29) is 16.7 Å². The van der Waals surface area contributed by atoms with E-state index in [1.807, 2.05) is 13.8 Å². The molecule has 0 heterocycles. The predicted octanol–water partition coefficient (Wildman–Crippen LogP) is 4.50. The molecule has 0 aliphatic heterocycles. The molecule has 0 spiro atoms. The Labute approximate surface area is 122 Å². The van der Waals surface area contributed by atoms with Gasteiger partial charge in [0.25, 0.3) is 0 Å². The molecule has 0 unspecified atom stereocenters. The zero-order valence-corrected chi connectivity index (χ0v) is 11.9. The van der Waals surface area contributed by atoms with E-state index in [0.29, 0.717) is 11.3 Å². The topological polar surface area (TPSA) is 26.3 Å². The summed E-state index contributed by atoms with van der Waals surface area (Å²) in [6.45, 7) is 3.78. The van der Waals surface area contributed by atoms with Gasteiger partial charge in [-0.15, -0.1) is 0 Å². The van der Waals surface area contributed by atoms with Gasteiger partial charge in [0.15, 0.2) is 5.78 Å². The van der Waals surface area contributed by atoms with Crippen molar-refractivity contribution in [1.29, 1.82) is 0 Å². The van der Waals surface area contributed by atoms with Crippen LogP contribution in [0.2, 0.25) is 5.02 Å². The Hall–Kier alpha value is -1.87. The molecule has 0 fully saturated rings.